The van der Waals surface area contributed by atoms with Crippen molar-refractivity contribution in [2.75, 3.05) is 6.61 Å². The Balaban J connectivity index is 1.66. The second kappa shape index (κ2) is 8.30. The molecule has 0 aromatic rings. The van der Waals surface area contributed by atoms with Crippen LogP contribution in [0.4, 0.5) is 0 Å². The summed E-state index contributed by atoms with van der Waals surface area (Å²) in [6.45, 7) is 17.7. The lowest BCUT2D eigenvalue weighted by molar-refractivity contribution is -0.241. The highest BCUT2D eigenvalue weighted by Crippen LogP contribution is 2.75. The predicted molar refractivity (Wildman–Crippen MR) is 144 cm³/mol. The maximum atomic E-state index is 12.4. The van der Waals surface area contributed by atoms with E-state index in [1.54, 1.807) is 0 Å². The first-order chi connectivity index (χ1) is 17.0. The fourth-order valence-corrected chi connectivity index (χ4v) is 11.2. The van der Waals surface area contributed by atoms with Gasteiger partial charge in [-0.3, -0.25) is 4.79 Å². The van der Waals surface area contributed by atoms with Crippen LogP contribution >= 0.6 is 0 Å². The van der Waals surface area contributed by atoms with Gasteiger partial charge in [0, 0.05) is 6.92 Å². The van der Waals surface area contributed by atoms with Crippen molar-refractivity contribution in [3.63, 3.8) is 0 Å². The number of esters is 1. The molecule has 5 heteroatoms. The highest BCUT2D eigenvalue weighted by molar-refractivity contribution is 5.66. The number of carbonyl (C=O) groups excluding carboxylic acids is 1. The molecule has 5 nitrogen and oxygen atoms in total. The molecule has 0 saturated heterocycles. The van der Waals surface area contributed by atoms with Crippen molar-refractivity contribution < 1.29 is 24.9 Å². The first-order valence-corrected chi connectivity index (χ1v) is 14.8. The van der Waals surface area contributed by atoms with Crippen LogP contribution in [-0.4, -0.2) is 46.2 Å². The highest BCUT2D eigenvalue weighted by atomic mass is 16.5. The fraction of sp³-hybridized carbons (Fsp3) is 0.906. The van der Waals surface area contributed by atoms with Crippen LogP contribution in [0.2, 0.25) is 0 Å². The van der Waals surface area contributed by atoms with Crippen molar-refractivity contribution in [3.8, 4) is 0 Å². The summed E-state index contributed by atoms with van der Waals surface area (Å²) >= 11 is 0. The summed E-state index contributed by atoms with van der Waals surface area (Å²) in [6.07, 6.45) is 8.21. The van der Waals surface area contributed by atoms with Gasteiger partial charge in [0.2, 0.25) is 0 Å². The molecule has 10 unspecified atom stereocenters. The van der Waals surface area contributed by atoms with E-state index in [9.17, 15) is 20.1 Å². The standard InChI is InChI=1S/C32H52O5/c1-19(34)37-26-17-31(8)20(21-15-27(2,3)16-25(36)32(21,26)18-33)9-10-23-29(6)13-12-24(35)28(4,5)22(29)11-14-30(23,31)7/h9,21-26,33,35-36H,10-18H2,1-8H3. The largest absolute Gasteiger partial charge is 0.462 e. The van der Waals surface area contributed by atoms with Crippen LogP contribution in [0.25, 0.3) is 0 Å². The molecular weight excluding hydrogens is 464 g/mol. The lowest BCUT2D eigenvalue weighted by Crippen LogP contribution is -2.69. The molecule has 0 spiro atoms. The first-order valence-electron chi connectivity index (χ1n) is 14.8. The summed E-state index contributed by atoms with van der Waals surface area (Å²) in [6, 6.07) is 0. The van der Waals surface area contributed by atoms with E-state index < -0.39 is 17.6 Å². The van der Waals surface area contributed by atoms with Crippen LogP contribution in [0, 0.1) is 50.2 Å². The molecule has 0 bridgehead atoms. The number of ether oxygens (including phenoxy) is 1. The molecule has 210 valence electrons. The van der Waals surface area contributed by atoms with Crippen LogP contribution < -0.4 is 0 Å². The number of aliphatic hydroxyl groups excluding tert-OH is 3. The molecular formula is C32H52O5. The average Bonchev–Trinajstić information content (AvgIpc) is 2.76. The maximum absolute atomic E-state index is 12.4. The van der Waals surface area contributed by atoms with Gasteiger partial charge in [0.15, 0.2) is 0 Å². The summed E-state index contributed by atoms with van der Waals surface area (Å²) in [5.74, 6) is 0.591. The zero-order chi connectivity index (χ0) is 27.4. The Morgan fingerprint density at radius 3 is 2.24 bits per heavy atom. The van der Waals surface area contributed by atoms with Crippen LogP contribution in [-0.2, 0) is 9.53 Å². The monoisotopic (exact) mass is 516 g/mol. The van der Waals surface area contributed by atoms with Gasteiger partial charge in [-0.15, -0.1) is 0 Å². The van der Waals surface area contributed by atoms with Crippen molar-refractivity contribution in [2.45, 2.75) is 125 Å². The molecule has 5 aliphatic carbocycles. The van der Waals surface area contributed by atoms with Crippen LogP contribution in [0.15, 0.2) is 11.6 Å². The predicted octanol–water partition coefficient (Wildman–Crippen LogP) is 5.65. The molecule has 5 rings (SSSR count). The SMILES string of the molecule is CC(=O)OC1CC2(C)C(=CCC3C4(C)CCC(O)C(C)(C)C4CCC32C)C2CC(C)(C)CC(O)C12CO. The number of allylic oxidation sites excluding steroid dienone is 2. The Hall–Kier alpha value is -0.910. The van der Waals surface area contributed by atoms with E-state index in [4.69, 9.17) is 4.74 Å². The minimum absolute atomic E-state index is 0.00721. The van der Waals surface area contributed by atoms with Gasteiger partial charge >= 0.3 is 5.97 Å². The first kappa shape index (κ1) is 27.6. The molecule has 0 aromatic carbocycles. The molecule has 0 radical (unpaired) electrons. The van der Waals surface area contributed by atoms with E-state index in [1.807, 2.05) is 0 Å². The van der Waals surface area contributed by atoms with E-state index in [0.29, 0.717) is 24.7 Å². The van der Waals surface area contributed by atoms with Crippen LogP contribution in [0.3, 0.4) is 0 Å². The molecule has 0 aliphatic heterocycles. The molecule has 37 heavy (non-hydrogen) atoms. The van der Waals surface area contributed by atoms with Gasteiger partial charge in [-0.25, -0.2) is 0 Å². The van der Waals surface area contributed by atoms with Crippen LogP contribution in [0.1, 0.15) is 107 Å². The number of aliphatic hydroxyl groups is 3. The zero-order valence-electron chi connectivity index (χ0n) is 24.6. The molecule has 4 saturated carbocycles. The summed E-state index contributed by atoms with van der Waals surface area (Å²) in [4.78, 5) is 12.4. The summed E-state index contributed by atoms with van der Waals surface area (Å²) in [5, 5.41) is 33.5. The van der Waals surface area contributed by atoms with Crippen molar-refractivity contribution in [1.82, 2.24) is 0 Å². The number of hydrogen-bond acceptors (Lipinski definition) is 5. The molecule has 5 aliphatic rings. The highest BCUT2D eigenvalue weighted by Gasteiger charge is 2.71. The molecule has 0 heterocycles. The minimum atomic E-state index is -0.853. The van der Waals surface area contributed by atoms with E-state index >= 15 is 0 Å². The Morgan fingerprint density at radius 2 is 1.62 bits per heavy atom. The van der Waals surface area contributed by atoms with Gasteiger partial charge in [0.25, 0.3) is 0 Å². The second-order valence-electron chi connectivity index (χ2n) is 15.9. The fourth-order valence-electron chi connectivity index (χ4n) is 11.2. The minimum Gasteiger partial charge on any atom is -0.462 e. The smallest absolute Gasteiger partial charge is 0.302 e. The Bertz CT molecular complexity index is 984. The van der Waals surface area contributed by atoms with E-state index in [2.05, 4.69) is 54.5 Å². The Morgan fingerprint density at radius 1 is 0.946 bits per heavy atom. The molecule has 0 aromatic heterocycles. The zero-order valence-corrected chi connectivity index (χ0v) is 24.6. The summed E-state index contributed by atoms with van der Waals surface area (Å²) in [7, 11) is 0. The van der Waals surface area contributed by atoms with E-state index in [1.165, 1.54) is 12.5 Å². The number of carbonyl (C=O) groups is 1. The number of rotatable bonds is 2. The number of hydrogen-bond donors (Lipinski definition) is 3. The third kappa shape index (κ3) is 3.48. The van der Waals surface area contributed by atoms with Crippen molar-refractivity contribution in [3.05, 3.63) is 11.6 Å². The second-order valence-corrected chi connectivity index (χ2v) is 15.9. The van der Waals surface area contributed by atoms with Gasteiger partial charge in [0.05, 0.1) is 24.2 Å². The van der Waals surface area contributed by atoms with Gasteiger partial charge < -0.3 is 20.1 Å². The quantitative estimate of drug-likeness (QED) is 0.326. The van der Waals surface area contributed by atoms with Gasteiger partial charge in [0.1, 0.15) is 6.10 Å². The Kier molecular flexibility index (Phi) is 6.20. The van der Waals surface area contributed by atoms with Crippen LogP contribution in [0.5, 0.6) is 0 Å². The lowest BCUT2D eigenvalue weighted by atomic mass is 9.33. The topological polar surface area (TPSA) is 87.0 Å². The summed E-state index contributed by atoms with van der Waals surface area (Å²) in [5.41, 5.74) is 0.326. The lowest BCUT2D eigenvalue weighted by Gasteiger charge is -2.72. The molecule has 0 amide bonds. The van der Waals surface area contributed by atoms with Gasteiger partial charge in [-0.2, -0.15) is 0 Å². The maximum Gasteiger partial charge on any atom is 0.302 e. The molecule has 4 fully saturated rings. The third-order valence-corrected chi connectivity index (χ3v) is 13.4. The average molecular weight is 517 g/mol. The molecule has 10 atom stereocenters. The van der Waals surface area contributed by atoms with Gasteiger partial charge in [-0.05, 0) is 96.2 Å². The van der Waals surface area contributed by atoms with Crippen molar-refractivity contribution in [1.29, 1.82) is 0 Å². The van der Waals surface area contributed by atoms with Crippen molar-refractivity contribution >= 4 is 5.97 Å². The Labute approximate surface area is 224 Å². The van der Waals surface area contributed by atoms with E-state index in [0.717, 1.165) is 38.5 Å². The molecule has 3 N–H and O–H groups in total. The normalized spacial score (nSPS) is 52.0. The van der Waals surface area contributed by atoms with Crippen molar-refractivity contribution in [2.24, 2.45) is 50.2 Å². The summed E-state index contributed by atoms with van der Waals surface area (Å²) < 4.78 is 6.09. The van der Waals surface area contributed by atoms with Gasteiger partial charge in [-0.1, -0.05) is 60.1 Å². The van der Waals surface area contributed by atoms with E-state index in [-0.39, 0.29) is 51.7 Å². The third-order valence-electron chi connectivity index (χ3n) is 13.4. The number of fused-ring (bicyclic) bond motifs is 7.